The molecule has 1 fully saturated rings. The summed E-state index contributed by atoms with van der Waals surface area (Å²) in [7, 11) is 0. The number of hydrogen-bond acceptors (Lipinski definition) is 5. The van der Waals surface area contributed by atoms with E-state index in [-0.39, 0.29) is 11.8 Å². The molecule has 1 aliphatic heterocycles. The van der Waals surface area contributed by atoms with Crippen LogP contribution in [0.2, 0.25) is 0 Å². The summed E-state index contributed by atoms with van der Waals surface area (Å²) in [6.45, 7) is 6.12. The zero-order chi connectivity index (χ0) is 20.9. The molecule has 1 aromatic heterocycles. The Hall–Kier alpha value is -3.15. The molecule has 156 valence electrons. The Morgan fingerprint density at radius 3 is 2.80 bits per heavy atom. The van der Waals surface area contributed by atoms with Crippen LogP contribution in [0.4, 0.5) is 0 Å². The molecular weight excluding hydrogens is 378 g/mol. The van der Waals surface area contributed by atoms with Gasteiger partial charge in [-0.3, -0.25) is 4.79 Å². The third-order valence-corrected chi connectivity index (χ3v) is 5.34. The van der Waals surface area contributed by atoms with Crippen molar-refractivity contribution in [3.05, 3.63) is 65.5 Å². The number of carbonyl (C=O) groups is 1. The molecule has 3 aromatic rings. The number of aromatic nitrogens is 2. The van der Waals surface area contributed by atoms with E-state index in [0.29, 0.717) is 31.2 Å². The first-order valence-corrected chi connectivity index (χ1v) is 10.5. The van der Waals surface area contributed by atoms with Crippen molar-refractivity contribution in [2.24, 2.45) is 0 Å². The van der Waals surface area contributed by atoms with Gasteiger partial charge in [-0.2, -0.15) is 4.98 Å². The van der Waals surface area contributed by atoms with Gasteiger partial charge in [0.15, 0.2) is 0 Å². The number of hydrogen-bond donors (Lipinski definition) is 0. The molecule has 0 aliphatic carbocycles. The number of carbonyl (C=O) groups excluding carboxylic acids is 1. The first-order chi connectivity index (χ1) is 14.6. The number of ether oxygens (including phenoxy) is 1. The van der Waals surface area contributed by atoms with Crippen LogP contribution in [0.15, 0.2) is 53.1 Å². The Kier molecular flexibility index (Phi) is 6.12. The van der Waals surface area contributed by atoms with Crippen molar-refractivity contribution in [1.29, 1.82) is 0 Å². The summed E-state index contributed by atoms with van der Waals surface area (Å²) < 4.78 is 11.2. The molecule has 1 amide bonds. The van der Waals surface area contributed by atoms with E-state index in [2.05, 4.69) is 36.1 Å². The summed E-state index contributed by atoms with van der Waals surface area (Å²) in [5.41, 5.74) is 3.20. The smallest absolute Gasteiger partial charge is 0.232 e. The number of benzene rings is 2. The highest BCUT2D eigenvalue weighted by molar-refractivity contribution is 5.79. The quantitative estimate of drug-likeness (QED) is 0.506. The van der Waals surface area contributed by atoms with Crippen molar-refractivity contribution in [1.82, 2.24) is 15.0 Å². The third-order valence-electron chi connectivity index (χ3n) is 5.34. The maximum atomic E-state index is 12.5. The van der Waals surface area contributed by atoms with Crippen LogP contribution in [-0.2, 0) is 11.3 Å². The molecule has 0 saturated carbocycles. The van der Waals surface area contributed by atoms with E-state index in [4.69, 9.17) is 9.26 Å². The zero-order valence-corrected chi connectivity index (χ0v) is 17.5. The second kappa shape index (κ2) is 9.11. The molecule has 0 radical (unpaired) electrons. The van der Waals surface area contributed by atoms with Crippen molar-refractivity contribution < 1.29 is 14.1 Å². The van der Waals surface area contributed by atoms with Gasteiger partial charge >= 0.3 is 0 Å². The topological polar surface area (TPSA) is 68.5 Å². The van der Waals surface area contributed by atoms with Crippen LogP contribution < -0.4 is 4.74 Å². The summed E-state index contributed by atoms with van der Waals surface area (Å²) >= 11 is 0. The lowest BCUT2D eigenvalue weighted by atomic mass is 10.1. The number of aryl methyl sites for hydroxylation is 1. The Labute approximate surface area is 176 Å². The van der Waals surface area contributed by atoms with E-state index in [1.807, 2.05) is 41.3 Å². The lowest BCUT2D eigenvalue weighted by Crippen LogP contribution is -2.24. The van der Waals surface area contributed by atoms with Gasteiger partial charge in [0.05, 0.1) is 12.5 Å². The van der Waals surface area contributed by atoms with Crippen LogP contribution in [0.3, 0.4) is 0 Å². The number of amides is 1. The predicted molar refractivity (Wildman–Crippen MR) is 114 cm³/mol. The molecule has 1 saturated heterocycles. The molecule has 1 aliphatic rings. The second-order valence-corrected chi connectivity index (χ2v) is 7.85. The number of rotatable bonds is 8. The minimum Gasteiger partial charge on any atom is -0.494 e. The van der Waals surface area contributed by atoms with E-state index in [1.54, 1.807) is 0 Å². The first kappa shape index (κ1) is 20.1. The van der Waals surface area contributed by atoms with Gasteiger partial charge in [0.25, 0.3) is 0 Å². The van der Waals surface area contributed by atoms with Gasteiger partial charge in [-0.05, 0) is 43.2 Å². The average molecular weight is 405 g/mol. The normalized spacial score (nSPS) is 16.3. The highest BCUT2D eigenvalue weighted by atomic mass is 16.5. The Balaban J connectivity index is 1.39. The Morgan fingerprint density at radius 1 is 1.20 bits per heavy atom. The molecule has 0 spiro atoms. The summed E-state index contributed by atoms with van der Waals surface area (Å²) in [6.07, 6.45) is 2.55. The summed E-state index contributed by atoms with van der Waals surface area (Å²) in [5, 5.41) is 4.13. The molecule has 2 heterocycles. The van der Waals surface area contributed by atoms with Gasteiger partial charge in [0.2, 0.25) is 17.6 Å². The molecule has 2 aromatic carbocycles. The van der Waals surface area contributed by atoms with Crippen molar-refractivity contribution in [2.75, 3.05) is 13.2 Å². The maximum Gasteiger partial charge on any atom is 0.232 e. The average Bonchev–Trinajstić information content (AvgIpc) is 3.36. The fourth-order valence-electron chi connectivity index (χ4n) is 3.67. The lowest BCUT2D eigenvalue weighted by Gasteiger charge is -2.16. The zero-order valence-electron chi connectivity index (χ0n) is 17.5. The van der Waals surface area contributed by atoms with Crippen LogP contribution in [0.25, 0.3) is 11.4 Å². The molecule has 30 heavy (non-hydrogen) atoms. The Morgan fingerprint density at radius 2 is 2.03 bits per heavy atom. The molecule has 1 atom stereocenters. The first-order valence-electron chi connectivity index (χ1n) is 10.5. The summed E-state index contributed by atoms with van der Waals surface area (Å²) in [6, 6.07) is 15.9. The maximum absolute atomic E-state index is 12.5. The van der Waals surface area contributed by atoms with Crippen molar-refractivity contribution >= 4 is 5.91 Å². The number of nitrogens with zero attached hydrogens (tertiary/aromatic N) is 3. The van der Waals surface area contributed by atoms with Gasteiger partial charge in [0.1, 0.15) is 5.75 Å². The van der Waals surface area contributed by atoms with Gasteiger partial charge in [-0.25, -0.2) is 0 Å². The molecule has 1 unspecified atom stereocenters. The lowest BCUT2D eigenvalue weighted by molar-refractivity contribution is -0.128. The number of unbranched alkanes of at least 4 members (excludes halogenated alkanes) is 1. The molecular formula is C24H27N3O3. The van der Waals surface area contributed by atoms with Crippen LogP contribution in [0.5, 0.6) is 5.75 Å². The molecule has 0 bridgehead atoms. The molecule has 6 heteroatoms. The van der Waals surface area contributed by atoms with Gasteiger partial charge < -0.3 is 14.2 Å². The Bertz CT molecular complexity index is 997. The van der Waals surface area contributed by atoms with Crippen LogP contribution in [0.1, 0.15) is 49.1 Å². The monoisotopic (exact) mass is 405 g/mol. The van der Waals surface area contributed by atoms with Gasteiger partial charge in [-0.1, -0.05) is 48.3 Å². The fourth-order valence-corrected chi connectivity index (χ4v) is 3.67. The minimum absolute atomic E-state index is 0.0693. The highest BCUT2D eigenvalue weighted by Gasteiger charge is 2.34. The van der Waals surface area contributed by atoms with E-state index >= 15 is 0 Å². The van der Waals surface area contributed by atoms with Gasteiger partial charge in [-0.15, -0.1) is 0 Å². The highest BCUT2D eigenvalue weighted by Crippen LogP contribution is 2.30. The van der Waals surface area contributed by atoms with Crippen molar-refractivity contribution in [2.45, 2.75) is 45.6 Å². The van der Waals surface area contributed by atoms with Crippen LogP contribution >= 0.6 is 0 Å². The fraction of sp³-hybridized carbons (Fsp3) is 0.375. The summed E-state index contributed by atoms with van der Waals surface area (Å²) in [4.78, 5) is 18.9. The predicted octanol–water partition coefficient (Wildman–Crippen LogP) is 4.74. The van der Waals surface area contributed by atoms with E-state index in [1.165, 1.54) is 5.56 Å². The largest absolute Gasteiger partial charge is 0.494 e. The van der Waals surface area contributed by atoms with Gasteiger partial charge in [0, 0.05) is 25.1 Å². The van der Waals surface area contributed by atoms with Crippen LogP contribution in [0, 0.1) is 6.92 Å². The van der Waals surface area contributed by atoms with E-state index < -0.39 is 0 Å². The molecule has 6 nitrogen and oxygen atoms in total. The SMILES string of the molecule is CCCCOc1ccc(-c2noc(C3CC(=O)N(Cc4cccc(C)c4)C3)n2)cc1. The standard InChI is InChI=1S/C24H27N3O3/c1-3-4-12-29-21-10-8-19(9-11-21)23-25-24(30-26-23)20-14-22(28)27(16-20)15-18-7-5-6-17(2)13-18/h5-11,13,20H,3-4,12,14-16H2,1-2H3. The van der Waals surface area contributed by atoms with Crippen molar-refractivity contribution in [3.63, 3.8) is 0 Å². The molecule has 4 rings (SSSR count). The summed E-state index contributed by atoms with van der Waals surface area (Å²) in [5.74, 6) is 1.95. The third kappa shape index (κ3) is 4.70. The van der Waals surface area contributed by atoms with E-state index in [0.717, 1.165) is 36.3 Å². The molecule has 0 N–H and O–H groups in total. The number of likely N-dealkylation sites (tertiary alicyclic amines) is 1. The van der Waals surface area contributed by atoms with Crippen LogP contribution in [-0.4, -0.2) is 34.1 Å². The van der Waals surface area contributed by atoms with Crippen molar-refractivity contribution in [3.8, 4) is 17.1 Å². The van der Waals surface area contributed by atoms with E-state index in [9.17, 15) is 4.79 Å². The minimum atomic E-state index is -0.0693. The second-order valence-electron chi connectivity index (χ2n) is 7.85.